The summed E-state index contributed by atoms with van der Waals surface area (Å²) in [6.07, 6.45) is 3.33. The molecule has 0 aliphatic heterocycles. The van der Waals surface area contributed by atoms with Crippen LogP contribution in [0.4, 0.5) is 11.4 Å². The molecule has 20 heavy (non-hydrogen) atoms. The lowest BCUT2D eigenvalue weighted by Crippen LogP contribution is -2.29. The van der Waals surface area contributed by atoms with Crippen LogP contribution < -0.4 is 14.9 Å². The van der Waals surface area contributed by atoms with Gasteiger partial charge in [0.05, 0.1) is 11.9 Å². The lowest BCUT2D eigenvalue weighted by atomic mass is 10.3. The van der Waals surface area contributed by atoms with Crippen molar-refractivity contribution in [3.05, 3.63) is 24.3 Å². The zero-order valence-corrected chi connectivity index (χ0v) is 13.6. The van der Waals surface area contributed by atoms with Gasteiger partial charge in [-0.1, -0.05) is 19.4 Å². The number of nitrogens with one attached hydrogen (secondary N) is 2. The summed E-state index contributed by atoms with van der Waals surface area (Å²) in [6, 6.07) is 7.11. The Morgan fingerprint density at radius 2 is 2.10 bits per heavy atom. The molecule has 0 unspecified atom stereocenters. The van der Waals surface area contributed by atoms with Gasteiger partial charge in [-0.05, 0) is 36.8 Å². The first-order valence-electron chi connectivity index (χ1n) is 6.43. The number of sulfonamides is 1. The highest BCUT2D eigenvalue weighted by Gasteiger charge is 2.12. The number of unbranched alkanes of at least 4 members (excludes halogenated alkanes) is 1. The molecule has 112 valence electrons. The Labute approximate surface area is 126 Å². The van der Waals surface area contributed by atoms with Crippen molar-refractivity contribution in [3.63, 3.8) is 0 Å². The maximum atomic E-state index is 11.5. The maximum absolute atomic E-state index is 11.5. The lowest BCUT2D eigenvalue weighted by Gasteiger charge is -2.18. The van der Waals surface area contributed by atoms with Gasteiger partial charge < -0.3 is 10.6 Å². The number of hydrogen-bond donors (Lipinski definition) is 2. The van der Waals surface area contributed by atoms with Crippen molar-refractivity contribution < 1.29 is 8.42 Å². The van der Waals surface area contributed by atoms with E-state index in [1.807, 2.05) is 6.07 Å². The summed E-state index contributed by atoms with van der Waals surface area (Å²) in [5.41, 5.74) is 1.35. The fourth-order valence-electron chi connectivity index (χ4n) is 1.52. The van der Waals surface area contributed by atoms with E-state index in [1.165, 1.54) is 17.6 Å². The fraction of sp³-hybridized carbons (Fsp3) is 0.462. The molecule has 0 amide bonds. The van der Waals surface area contributed by atoms with E-state index in [0.29, 0.717) is 10.8 Å². The highest BCUT2D eigenvalue weighted by Crippen LogP contribution is 2.20. The van der Waals surface area contributed by atoms with Crippen LogP contribution in [0.5, 0.6) is 0 Å². The van der Waals surface area contributed by atoms with Gasteiger partial charge in [0, 0.05) is 19.3 Å². The summed E-state index contributed by atoms with van der Waals surface area (Å²) in [7, 11) is -1.74. The minimum Gasteiger partial charge on any atom is -0.362 e. The van der Waals surface area contributed by atoms with Gasteiger partial charge in [-0.15, -0.1) is 0 Å². The second-order valence-electron chi connectivity index (χ2n) is 4.52. The van der Waals surface area contributed by atoms with Crippen LogP contribution in [0, 0.1) is 0 Å². The quantitative estimate of drug-likeness (QED) is 0.622. The molecule has 2 N–H and O–H groups in total. The van der Waals surface area contributed by atoms with Crippen LogP contribution in [0.15, 0.2) is 24.3 Å². The van der Waals surface area contributed by atoms with E-state index in [0.717, 1.165) is 25.1 Å². The molecular formula is C13H21N3O2S2. The van der Waals surface area contributed by atoms with Crippen LogP contribution in [-0.2, 0) is 10.0 Å². The van der Waals surface area contributed by atoms with Crippen LogP contribution in [-0.4, -0.2) is 33.4 Å². The summed E-state index contributed by atoms with van der Waals surface area (Å²) in [5.74, 6) is 0. The molecule has 5 nitrogen and oxygen atoms in total. The number of thiocarbonyl (C=S) groups is 1. The zero-order valence-electron chi connectivity index (χ0n) is 12.0. The molecule has 1 aromatic carbocycles. The van der Waals surface area contributed by atoms with Crippen molar-refractivity contribution in [1.82, 2.24) is 5.32 Å². The summed E-state index contributed by atoms with van der Waals surface area (Å²) < 4.78 is 24.2. The van der Waals surface area contributed by atoms with E-state index in [9.17, 15) is 8.42 Å². The second-order valence-corrected chi connectivity index (χ2v) is 6.94. The first-order valence-corrected chi connectivity index (χ1v) is 8.69. The molecule has 1 aromatic rings. The van der Waals surface area contributed by atoms with E-state index in [4.69, 9.17) is 12.2 Å². The predicted octanol–water partition coefficient (Wildman–Crippen LogP) is 2.17. The fourth-order valence-corrected chi connectivity index (χ4v) is 2.24. The summed E-state index contributed by atoms with van der Waals surface area (Å²) >= 11 is 5.18. The normalized spacial score (nSPS) is 10.9. The highest BCUT2D eigenvalue weighted by molar-refractivity contribution is 7.92. The Morgan fingerprint density at radius 1 is 1.40 bits per heavy atom. The summed E-state index contributed by atoms with van der Waals surface area (Å²) in [6.45, 7) is 2.94. The molecule has 1 rings (SSSR count). The Balaban J connectivity index is 2.71. The predicted molar refractivity (Wildman–Crippen MR) is 88.8 cm³/mol. The van der Waals surface area contributed by atoms with Crippen molar-refractivity contribution >= 4 is 38.7 Å². The molecule has 0 saturated heterocycles. The molecule has 0 aliphatic carbocycles. The Kier molecular flexibility index (Phi) is 6.22. The van der Waals surface area contributed by atoms with Crippen LogP contribution in [0.3, 0.4) is 0 Å². The molecule has 0 fully saturated rings. The van der Waals surface area contributed by atoms with Crippen LogP contribution in [0.2, 0.25) is 0 Å². The van der Waals surface area contributed by atoms with E-state index in [-0.39, 0.29) is 0 Å². The third-order valence-corrected chi connectivity index (χ3v) is 4.23. The van der Waals surface area contributed by atoms with Crippen LogP contribution >= 0.6 is 12.2 Å². The van der Waals surface area contributed by atoms with E-state index < -0.39 is 10.0 Å². The van der Waals surface area contributed by atoms with Crippen molar-refractivity contribution in [2.24, 2.45) is 0 Å². The first-order chi connectivity index (χ1) is 9.34. The number of hydrogen-bond acceptors (Lipinski definition) is 3. The molecule has 7 heteroatoms. The van der Waals surface area contributed by atoms with E-state index >= 15 is 0 Å². The van der Waals surface area contributed by atoms with Gasteiger partial charge in [-0.3, -0.25) is 4.31 Å². The van der Waals surface area contributed by atoms with Gasteiger partial charge >= 0.3 is 0 Å². The smallest absolute Gasteiger partial charge is 0.231 e. The number of nitrogens with zero attached hydrogens (tertiary/aromatic N) is 1. The molecule has 0 aliphatic rings. The van der Waals surface area contributed by atoms with Crippen molar-refractivity contribution in [1.29, 1.82) is 0 Å². The molecule has 0 saturated carbocycles. The van der Waals surface area contributed by atoms with Gasteiger partial charge in [-0.2, -0.15) is 0 Å². The summed E-state index contributed by atoms with van der Waals surface area (Å²) in [4.78, 5) is 0. The standard InChI is InChI=1S/C13H21N3O2S2/c1-4-5-9-14-13(19)15-11-7-6-8-12(10-11)16(2)20(3,17)18/h6-8,10H,4-5,9H2,1-3H3,(H2,14,15,19). The van der Waals surface area contributed by atoms with Crippen LogP contribution in [0.1, 0.15) is 19.8 Å². The maximum Gasteiger partial charge on any atom is 0.231 e. The Bertz CT molecular complexity index is 558. The molecule has 0 spiro atoms. The minimum atomic E-state index is -3.26. The molecule has 0 aromatic heterocycles. The molecule has 0 atom stereocenters. The Morgan fingerprint density at radius 3 is 2.70 bits per heavy atom. The minimum absolute atomic E-state index is 0.539. The van der Waals surface area contributed by atoms with Gasteiger partial charge in [0.15, 0.2) is 5.11 Å². The molecule has 0 heterocycles. The van der Waals surface area contributed by atoms with Crippen molar-refractivity contribution in [2.45, 2.75) is 19.8 Å². The second kappa shape index (κ2) is 7.44. The third-order valence-electron chi connectivity index (χ3n) is 2.78. The number of rotatable bonds is 6. The molecule has 0 radical (unpaired) electrons. The lowest BCUT2D eigenvalue weighted by molar-refractivity contribution is 0.600. The third kappa shape index (κ3) is 5.34. The van der Waals surface area contributed by atoms with Crippen molar-refractivity contribution in [3.8, 4) is 0 Å². The number of benzene rings is 1. The average molecular weight is 315 g/mol. The zero-order chi connectivity index (χ0) is 15.2. The number of anilines is 2. The Hall–Kier alpha value is -1.34. The van der Waals surface area contributed by atoms with Gasteiger partial charge in [0.2, 0.25) is 10.0 Å². The van der Waals surface area contributed by atoms with Crippen LogP contribution in [0.25, 0.3) is 0 Å². The molecular weight excluding hydrogens is 294 g/mol. The average Bonchev–Trinajstić information content (AvgIpc) is 2.37. The molecule has 0 bridgehead atoms. The first kappa shape index (κ1) is 16.7. The van der Waals surface area contributed by atoms with Gasteiger partial charge in [0.1, 0.15) is 0 Å². The SMILES string of the molecule is CCCCNC(=S)Nc1cccc(N(C)S(C)(=O)=O)c1. The highest BCUT2D eigenvalue weighted by atomic mass is 32.2. The monoisotopic (exact) mass is 315 g/mol. The van der Waals surface area contributed by atoms with E-state index in [1.54, 1.807) is 18.2 Å². The van der Waals surface area contributed by atoms with E-state index in [2.05, 4.69) is 17.6 Å². The largest absolute Gasteiger partial charge is 0.362 e. The topological polar surface area (TPSA) is 61.4 Å². The van der Waals surface area contributed by atoms with Gasteiger partial charge in [0.25, 0.3) is 0 Å². The van der Waals surface area contributed by atoms with Gasteiger partial charge in [-0.25, -0.2) is 8.42 Å². The summed E-state index contributed by atoms with van der Waals surface area (Å²) in [5, 5.41) is 6.69. The van der Waals surface area contributed by atoms with Crippen molar-refractivity contribution in [2.75, 3.05) is 29.5 Å².